The molecule has 1 aromatic carbocycles. The van der Waals surface area contributed by atoms with Gasteiger partial charge in [-0.1, -0.05) is 26.3 Å². The number of nitrogens with zero attached hydrogens (tertiary/aromatic N) is 1. The van der Waals surface area contributed by atoms with Crippen LogP contribution in [0.25, 0.3) is 0 Å². The summed E-state index contributed by atoms with van der Waals surface area (Å²) in [7, 11) is 3.83. The van der Waals surface area contributed by atoms with Crippen molar-refractivity contribution in [2.75, 3.05) is 26.4 Å². The van der Waals surface area contributed by atoms with Crippen molar-refractivity contribution < 1.29 is 4.74 Å². The monoisotopic (exact) mass is 236 g/mol. The summed E-state index contributed by atoms with van der Waals surface area (Å²) in [5.74, 6) is 1.60. The zero-order valence-electron chi connectivity index (χ0n) is 11.4. The van der Waals surface area contributed by atoms with Crippen molar-refractivity contribution in [2.24, 2.45) is 5.92 Å². The Morgan fingerprint density at radius 1 is 1.41 bits per heavy atom. The predicted octanol–water partition coefficient (Wildman–Crippen LogP) is 2.76. The second-order valence-corrected chi connectivity index (χ2v) is 4.78. The molecular formula is C14H24N2O. The minimum absolute atomic E-state index is 0.722. The first kappa shape index (κ1) is 13.8. The molecule has 3 nitrogen and oxygen atoms in total. The molecule has 0 radical (unpaired) electrons. The van der Waals surface area contributed by atoms with Gasteiger partial charge < -0.3 is 15.4 Å². The third-order valence-corrected chi connectivity index (χ3v) is 3.07. The van der Waals surface area contributed by atoms with Crippen LogP contribution in [0.5, 0.6) is 5.75 Å². The van der Waals surface area contributed by atoms with Gasteiger partial charge in [0.25, 0.3) is 0 Å². The lowest BCUT2D eigenvalue weighted by Crippen LogP contribution is -2.24. The van der Waals surface area contributed by atoms with E-state index in [0.29, 0.717) is 0 Å². The average molecular weight is 236 g/mol. The topological polar surface area (TPSA) is 38.5 Å². The summed E-state index contributed by atoms with van der Waals surface area (Å²) in [4.78, 5) is 2.32. The highest BCUT2D eigenvalue weighted by atomic mass is 16.5. The van der Waals surface area contributed by atoms with E-state index < -0.39 is 0 Å². The van der Waals surface area contributed by atoms with E-state index in [1.165, 1.54) is 12.0 Å². The van der Waals surface area contributed by atoms with Crippen LogP contribution in [0.3, 0.4) is 0 Å². The van der Waals surface area contributed by atoms with Crippen LogP contribution in [-0.2, 0) is 6.54 Å². The molecule has 0 aliphatic carbocycles. The molecule has 0 spiro atoms. The molecule has 0 saturated carbocycles. The molecule has 17 heavy (non-hydrogen) atoms. The summed E-state index contributed by atoms with van der Waals surface area (Å²) in [6, 6.07) is 5.85. The Kier molecular flexibility index (Phi) is 5.29. The van der Waals surface area contributed by atoms with Gasteiger partial charge in [0.05, 0.1) is 7.11 Å². The summed E-state index contributed by atoms with van der Waals surface area (Å²) >= 11 is 0. The fraction of sp³-hybridized carbons (Fsp3) is 0.571. The van der Waals surface area contributed by atoms with Crippen LogP contribution in [-0.4, -0.2) is 25.6 Å². The van der Waals surface area contributed by atoms with E-state index in [2.05, 4.69) is 25.8 Å². The molecule has 96 valence electrons. The number of rotatable bonds is 6. The third-order valence-electron chi connectivity index (χ3n) is 3.07. The Morgan fingerprint density at radius 2 is 2.12 bits per heavy atom. The van der Waals surface area contributed by atoms with Crippen LogP contribution in [0.15, 0.2) is 18.2 Å². The number of methoxy groups -OCH3 is 1. The maximum atomic E-state index is 5.74. The van der Waals surface area contributed by atoms with Crippen LogP contribution in [0.1, 0.15) is 25.8 Å². The number of benzene rings is 1. The Labute approximate surface area is 105 Å². The third kappa shape index (κ3) is 4.27. The molecular weight excluding hydrogens is 212 g/mol. The van der Waals surface area contributed by atoms with Gasteiger partial charge in [-0.25, -0.2) is 0 Å². The van der Waals surface area contributed by atoms with Crippen molar-refractivity contribution in [3.63, 3.8) is 0 Å². The average Bonchev–Trinajstić information content (AvgIpc) is 2.31. The number of hydrogen-bond donors (Lipinski definition) is 1. The first-order valence-electron chi connectivity index (χ1n) is 6.17. The molecule has 0 aliphatic rings. The molecule has 0 bridgehead atoms. The Hall–Kier alpha value is -1.22. The molecule has 0 heterocycles. The number of nitrogens with two attached hydrogens (primary N) is 1. The van der Waals surface area contributed by atoms with E-state index in [1.54, 1.807) is 7.11 Å². The van der Waals surface area contributed by atoms with Crippen molar-refractivity contribution in [1.29, 1.82) is 0 Å². The summed E-state index contributed by atoms with van der Waals surface area (Å²) in [5.41, 5.74) is 7.68. The van der Waals surface area contributed by atoms with Crippen LogP contribution in [0.4, 0.5) is 5.69 Å². The first-order chi connectivity index (χ1) is 8.06. The number of anilines is 1. The minimum Gasteiger partial charge on any atom is -0.496 e. The zero-order valence-corrected chi connectivity index (χ0v) is 11.4. The van der Waals surface area contributed by atoms with Gasteiger partial charge in [-0.2, -0.15) is 0 Å². The van der Waals surface area contributed by atoms with Gasteiger partial charge in [0.1, 0.15) is 5.75 Å². The van der Waals surface area contributed by atoms with Gasteiger partial charge in [0, 0.05) is 30.4 Å². The Balaban J connectivity index is 2.67. The molecule has 1 unspecified atom stereocenters. The highest BCUT2D eigenvalue weighted by Crippen LogP contribution is 2.22. The summed E-state index contributed by atoms with van der Waals surface area (Å²) in [5, 5.41) is 0. The van der Waals surface area contributed by atoms with Gasteiger partial charge in [0.2, 0.25) is 0 Å². The van der Waals surface area contributed by atoms with Crippen LogP contribution < -0.4 is 10.5 Å². The SMILES string of the molecule is CCC(C)CN(C)Cc1ccc(N)cc1OC. The second kappa shape index (κ2) is 6.50. The number of ether oxygens (including phenoxy) is 1. The summed E-state index contributed by atoms with van der Waals surface area (Å²) in [6.07, 6.45) is 1.21. The maximum absolute atomic E-state index is 5.74. The van der Waals surface area contributed by atoms with Crippen LogP contribution in [0.2, 0.25) is 0 Å². The zero-order chi connectivity index (χ0) is 12.8. The highest BCUT2D eigenvalue weighted by Gasteiger charge is 2.09. The molecule has 0 saturated heterocycles. The summed E-state index contributed by atoms with van der Waals surface area (Å²) < 4.78 is 5.35. The number of nitrogen functional groups attached to an aromatic ring is 1. The second-order valence-electron chi connectivity index (χ2n) is 4.78. The molecule has 1 rings (SSSR count). The fourth-order valence-corrected chi connectivity index (χ4v) is 1.91. The van der Waals surface area contributed by atoms with E-state index in [-0.39, 0.29) is 0 Å². The lowest BCUT2D eigenvalue weighted by Gasteiger charge is -2.21. The number of hydrogen-bond acceptors (Lipinski definition) is 3. The lowest BCUT2D eigenvalue weighted by molar-refractivity contribution is 0.271. The lowest BCUT2D eigenvalue weighted by atomic mass is 10.1. The maximum Gasteiger partial charge on any atom is 0.125 e. The normalized spacial score (nSPS) is 12.8. The molecule has 0 aromatic heterocycles. The van der Waals surface area contributed by atoms with Gasteiger partial charge in [-0.05, 0) is 19.0 Å². The van der Waals surface area contributed by atoms with Gasteiger partial charge >= 0.3 is 0 Å². The van der Waals surface area contributed by atoms with Crippen molar-refractivity contribution in [3.8, 4) is 5.75 Å². The quantitative estimate of drug-likeness (QED) is 0.772. The van der Waals surface area contributed by atoms with Gasteiger partial charge in [-0.15, -0.1) is 0 Å². The molecule has 0 amide bonds. The molecule has 1 aromatic rings. The van der Waals surface area contributed by atoms with Crippen LogP contribution in [0, 0.1) is 5.92 Å². The van der Waals surface area contributed by atoms with Gasteiger partial charge in [-0.3, -0.25) is 0 Å². The molecule has 2 N–H and O–H groups in total. The highest BCUT2D eigenvalue weighted by molar-refractivity contribution is 5.48. The van der Waals surface area contributed by atoms with E-state index in [9.17, 15) is 0 Å². The van der Waals surface area contributed by atoms with Gasteiger partial charge in [0.15, 0.2) is 0 Å². The first-order valence-corrected chi connectivity index (χ1v) is 6.17. The Morgan fingerprint density at radius 3 is 2.71 bits per heavy atom. The van der Waals surface area contributed by atoms with E-state index in [4.69, 9.17) is 10.5 Å². The van der Waals surface area contributed by atoms with Crippen molar-refractivity contribution in [2.45, 2.75) is 26.8 Å². The minimum atomic E-state index is 0.722. The van der Waals surface area contributed by atoms with Crippen molar-refractivity contribution in [1.82, 2.24) is 4.90 Å². The smallest absolute Gasteiger partial charge is 0.125 e. The molecule has 0 aliphatic heterocycles. The fourth-order valence-electron chi connectivity index (χ4n) is 1.91. The Bertz CT molecular complexity index is 352. The molecule has 1 atom stereocenters. The van der Waals surface area contributed by atoms with E-state index in [1.807, 2.05) is 18.2 Å². The van der Waals surface area contributed by atoms with E-state index in [0.717, 1.165) is 30.4 Å². The largest absolute Gasteiger partial charge is 0.496 e. The molecule has 0 fully saturated rings. The van der Waals surface area contributed by atoms with Crippen molar-refractivity contribution in [3.05, 3.63) is 23.8 Å². The standard InChI is InChI=1S/C14H24N2O/c1-5-11(2)9-16(3)10-12-6-7-13(15)8-14(12)17-4/h6-8,11H,5,9-10,15H2,1-4H3. The molecule has 3 heteroatoms. The van der Waals surface area contributed by atoms with Crippen LogP contribution >= 0.6 is 0 Å². The van der Waals surface area contributed by atoms with Crippen molar-refractivity contribution >= 4 is 5.69 Å². The van der Waals surface area contributed by atoms with E-state index >= 15 is 0 Å². The predicted molar refractivity (Wildman–Crippen MR) is 73.2 cm³/mol. The summed E-state index contributed by atoms with van der Waals surface area (Å²) in [6.45, 7) is 6.50.